The highest BCUT2D eigenvalue weighted by atomic mass is 35.5. The maximum atomic E-state index is 12.7. The van der Waals surface area contributed by atoms with Gasteiger partial charge in [0.05, 0.1) is 10.7 Å². The van der Waals surface area contributed by atoms with E-state index in [1.807, 2.05) is 5.32 Å². The van der Waals surface area contributed by atoms with Crippen molar-refractivity contribution in [2.75, 3.05) is 16.4 Å². The van der Waals surface area contributed by atoms with Gasteiger partial charge in [-0.15, -0.1) is 0 Å². The summed E-state index contributed by atoms with van der Waals surface area (Å²) >= 11 is 5.93. The van der Waals surface area contributed by atoms with Crippen molar-refractivity contribution in [2.45, 2.75) is 18.7 Å². The lowest BCUT2D eigenvalue weighted by Gasteiger charge is -2.25. The van der Waals surface area contributed by atoms with E-state index in [1.54, 1.807) is 18.2 Å². The van der Waals surface area contributed by atoms with E-state index in [0.717, 1.165) is 6.07 Å². The monoisotopic (exact) mass is 401 g/mol. The van der Waals surface area contributed by atoms with Crippen LogP contribution in [0.5, 0.6) is 0 Å². The van der Waals surface area contributed by atoms with Crippen LogP contribution < -0.4 is 16.4 Å². The molecule has 0 spiro atoms. The van der Waals surface area contributed by atoms with Crippen molar-refractivity contribution in [1.29, 1.82) is 0 Å². The molecule has 0 saturated heterocycles. The number of alkyl halides is 3. The van der Waals surface area contributed by atoms with E-state index in [0.29, 0.717) is 18.3 Å². The van der Waals surface area contributed by atoms with Gasteiger partial charge in [0.15, 0.2) is 0 Å². The molecule has 6 nitrogen and oxygen atoms in total. The molecular weight excluding hydrogens is 387 g/mol. The second kappa shape index (κ2) is 7.45. The first-order valence-corrected chi connectivity index (χ1v) is 7.86. The van der Waals surface area contributed by atoms with Crippen molar-refractivity contribution in [3.8, 4) is 0 Å². The molecule has 0 aliphatic rings. The van der Waals surface area contributed by atoms with Gasteiger partial charge in [0, 0.05) is 16.9 Å². The van der Waals surface area contributed by atoms with E-state index in [9.17, 15) is 27.9 Å². The number of benzene rings is 2. The normalized spacial score (nSPS) is 13.6. The summed E-state index contributed by atoms with van der Waals surface area (Å²) in [6, 6.07) is 10.0. The minimum absolute atomic E-state index is 0.100. The van der Waals surface area contributed by atoms with Gasteiger partial charge in [0.2, 0.25) is 5.60 Å². The number of anilines is 3. The van der Waals surface area contributed by atoms with Gasteiger partial charge in [-0.1, -0.05) is 17.7 Å². The number of amides is 2. The van der Waals surface area contributed by atoms with Gasteiger partial charge >= 0.3 is 6.18 Å². The van der Waals surface area contributed by atoms with E-state index in [4.69, 9.17) is 17.3 Å². The average Bonchev–Trinajstić information content (AvgIpc) is 2.55. The number of nitrogen functional groups attached to an aromatic ring is 1. The first-order chi connectivity index (χ1) is 12.4. The Bertz CT molecular complexity index is 885. The molecule has 0 saturated carbocycles. The predicted molar refractivity (Wildman–Crippen MR) is 95.6 cm³/mol. The van der Waals surface area contributed by atoms with Gasteiger partial charge in [0.1, 0.15) is 0 Å². The molecule has 0 bridgehead atoms. The maximum Gasteiger partial charge on any atom is 0.426 e. The smallest absolute Gasteiger partial charge is 0.399 e. The molecule has 5 N–H and O–H groups in total. The molecule has 0 fully saturated rings. The summed E-state index contributed by atoms with van der Waals surface area (Å²) in [5.74, 6) is -2.24. The molecule has 0 aliphatic heterocycles. The van der Waals surface area contributed by atoms with Crippen LogP contribution in [0.1, 0.15) is 17.3 Å². The number of aliphatic hydroxyl groups is 1. The van der Waals surface area contributed by atoms with Crippen LogP contribution in [0, 0.1) is 0 Å². The van der Waals surface area contributed by atoms with E-state index < -0.39 is 23.6 Å². The van der Waals surface area contributed by atoms with Gasteiger partial charge in [-0.2, -0.15) is 13.2 Å². The molecule has 0 radical (unpaired) electrons. The summed E-state index contributed by atoms with van der Waals surface area (Å²) in [4.78, 5) is 23.9. The summed E-state index contributed by atoms with van der Waals surface area (Å²) in [6.45, 7) is 0.323. The molecular formula is C17H15ClF3N3O3. The lowest BCUT2D eigenvalue weighted by Crippen LogP contribution is -2.52. The SMILES string of the molecule is CC(O)(C(=O)Nc1ccc(C(=O)Nc2cccc(N)c2)cc1Cl)C(F)(F)F. The van der Waals surface area contributed by atoms with Gasteiger partial charge in [-0.3, -0.25) is 9.59 Å². The summed E-state index contributed by atoms with van der Waals surface area (Å²) in [7, 11) is 0. The molecule has 0 heterocycles. The summed E-state index contributed by atoms with van der Waals surface area (Å²) in [6.07, 6.45) is -5.17. The van der Waals surface area contributed by atoms with E-state index in [2.05, 4.69) is 5.32 Å². The summed E-state index contributed by atoms with van der Waals surface area (Å²) < 4.78 is 38.1. The van der Waals surface area contributed by atoms with Gasteiger partial charge in [-0.25, -0.2) is 0 Å². The fourth-order valence-electron chi connectivity index (χ4n) is 1.95. The Morgan fingerprint density at radius 1 is 1.11 bits per heavy atom. The van der Waals surface area contributed by atoms with Crippen LogP contribution >= 0.6 is 11.6 Å². The van der Waals surface area contributed by atoms with Crippen molar-refractivity contribution in [3.63, 3.8) is 0 Å². The van der Waals surface area contributed by atoms with Crippen LogP contribution in [0.25, 0.3) is 0 Å². The Hall–Kier alpha value is -2.78. The molecule has 27 heavy (non-hydrogen) atoms. The van der Waals surface area contributed by atoms with Gasteiger partial charge < -0.3 is 21.5 Å². The van der Waals surface area contributed by atoms with Crippen molar-refractivity contribution >= 4 is 40.5 Å². The predicted octanol–water partition coefficient (Wildman–Crippen LogP) is 3.43. The van der Waals surface area contributed by atoms with E-state index >= 15 is 0 Å². The van der Waals surface area contributed by atoms with Crippen LogP contribution in [0.15, 0.2) is 42.5 Å². The number of nitrogens with two attached hydrogens (primary N) is 1. The quantitative estimate of drug-likeness (QED) is 0.589. The number of carbonyl (C=O) groups excluding carboxylic acids is 2. The third kappa shape index (κ3) is 4.69. The lowest BCUT2D eigenvalue weighted by atomic mass is 10.1. The average molecular weight is 402 g/mol. The minimum atomic E-state index is -5.17. The number of halogens is 4. The van der Waals surface area contributed by atoms with Crippen molar-refractivity contribution in [1.82, 2.24) is 0 Å². The number of nitrogens with one attached hydrogen (secondary N) is 2. The highest BCUT2D eigenvalue weighted by Crippen LogP contribution is 2.32. The van der Waals surface area contributed by atoms with Crippen LogP contribution in [0.3, 0.4) is 0 Å². The number of rotatable bonds is 4. The van der Waals surface area contributed by atoms with Crippen LogP contribution in [0.2, 0.25) is 5.02 Å². The van der Waals surface area contributed by atoms with E-state index in [1.165, 1.54) is 18.2 Å². The number of carbonyl (C=O) groups is 2. The highest BCUT2D eigenvalue weighted by Gasteiger charge is 2.55. The van der Waals surface area contributed by atoms with Crippen LogP contribution in [-0.2, 0) is 4.79 Å². The second-order valence-corrected chi connectivity index (χ2v) is 6.21. The maximum absolute atomic E-state index is 12.7. The topological polar surface area (TPSA) is 104 Å². The standard InChI is InChI=1S/C17H15ClF3N3O3/c1-16(27,17(19,20)21)15(26)24-13-6-5-9(7-12(13)18)14(25)23-11-4-2-3-10(22)8-11/h2-8,27H,22H2,1H3,(H,23,25)(H,24,26). The zero-order valence-electron chi connectivity index (χ0n) is 13.9. The summed E-state index contributed by atoms with van der Waals surface area (Å²) in [5, 5.41) is 13.6. The summed E-state index contributed by atoms with van der Waals surface area (Å²) in [5.41, 5.74) is 2.81. The molecule has 2 amide bonds. The lowest BCUT2D eigenvalue weighted by molar-refractivity contribution is -0.242. The van der Waals surface area contributed by atoms with Gasteiger partial charge in [0.25, 0.3) is 11.8 Å². The first kappa shape index (κ1) is 20.5. The Balaban J connectivity index is 2.15. The molecule has 2 aromatic carbocycles. The Morgan fingerprint density at radius 3 is 2.33 bits per heavy atom. The first-order valence-electron chi connectivity index (χ1n) is 7.49. The van der Waals surface area contributed by atoms with Crippen molar-refractivity contribution in [3.05, 3.63) is 53.1 Å². The third-order valence-electron chi connectivity index (χ3n) is 3.62. The second-order valence-electron chi connectivity index (χ2n) is 5.80. The fraction of sp³-hybridized carbons (Fsp3) is 0.176. The van der Waals surface area contributed by atoms with E-state index in [-0.39, 0.29) is 16.3 Å². The molecule has 144 valence electrons. The number of hydrogen-bond donors (Lipinski definition) is 4. The molecule has 0 aromatic heterocycles. The fourth-order valence-corrected chi connectivity index (χ4v) is 2.18. The highest BCUT2D eigenvalue weighted by molar-refractivity contribution is 6.34. The Kier molecular flexibility index (Phi) is 5.67. The van der Waals surface area contributed by atoms with Crippen molar-refractivity contribution in [2.24, 2.45) is 0 Å². The molecule has 1 unspecified atom stereocenters. The Morgan fingerprint density at radius 2 is 1.78 bits per heavy atom. The molecule has 0 aliphatic carbocycles. The number of hydrogen-bond acceptors (Lipinski definition) is 4. The molecule has 1 atom stereocenters. The minimum Gasteiger partial charge on any atom is -0.399 e. The molecule has 10 heteroatoms. The van der Waals surface area contributed by atoms with Gasteiger partial charge in [-0.05, 0) is 43.3 Å². The van der Waals surface area contributed by atoms with Crippen molar-refractivity contribution < 1.29 is 27.9 Å². The zero-order chi connectivity index (χ0) is 20.4. The van der Waals surface area contributed by atoms with Crippen LogP contribution in [-0.4, -0.2) is 28.7 Å². The Labute approximate surface area is 157 Å². The molecule has 2 aromatic rings. The largest absolute Gasteiger partial charge is 0.426 e. The third-order valence-corrected chi connectivity index (χ3v) is 3.93. The molecule has 2 rings (SSSR count). The van der Waals surface area contributed by atoms with Crippen LogP contribution in [0.4, 0.5) is 30.2 Å². The zero-order valence-corrected chi connectivity index (χ0v) is 14.7.